The summed E-state index contributed by atoms with van der Waals surface area (Å²) in [6.45, 7) is 0. The maximum atomic E-state index is 5.44. The van der Waals surface area contributed by atoms with Crippen LogP contribution in [0.25, 0.3) is 10.2 Å². The largest absolute Gasteiger partial charge is 0.497 e. The highest BCUT2D eigenvalue weighted by Crippen LogP contribution is 2.40. The lowest BCUT2D eigenvalue weighted by atomic mass is 10.2. The number of rotatable bonds is 4. The van der Waals surface area contributed by atoms with Gasteiger partial charge in [-0.15, -0.1) is 11.3 Å². The van der Waals surface area contributed by atoms with E-state index in [2.05, 4.69) is 15.3 Å². The predicted molar refractivity (Wildman–Crippen MR) is 92.3 cm³/mol. The lowest BCUT2D eigenvalue weighted by molar-refractivity contribution is 0.405. The fraction of sp³-hybridized carbons (Fsp3) is 0.294. The van der Waals surface area contributed by atoms with Crippen molar-refractivity contribution < 1.29 is 9.47 Å². The van der Waals surface area contributed by atoms with Crippen molar-refractivity contribution in [1.29, 1.82) is 0 Å². The number of anilines is 2. The first-order chi connectivity index (χ1) is 11.3. The number of benzene rings is 1. The molecule has 2 aromatic heterocycles. The van der Waals surface area contributed by atoms with Crippen LogP contribution >= 0.6 is 11.3 Å². The van der Waals surface area contributed by atoms with Crippen LogP contribution in [0, 0.1) is 0 Å². The summed E-state index contributed by atoms with van der Waals surface area (Å²) in [5, 5.41) is 4.56. The summed E-state index contributed by atoms with van der Waals surface area (Å²) < 4.78 is 10.8. The first-order valence-corrected chi connectivity index (χ1v) is 8.36. The molecule has 0 saturated heterocycles. The minimum Gasteiger partial charge on any atom is -0.497 e. The molecule has 0 saturated carbocycles. The molecule has 0 spiro atoms. The molecule has 3 aromatic rings. The molecule has 1 aromatic carbocycles. The summed E-state index contributed by atoms with van der Waals surface area (Å²) in [5.41, 5.74) is 2.24. The highest BCUT2D eigenvalue weighted by molar-refractivity contribution is 7.19. The first-order valence-electron chi connectivity index (χ1n) is 7.54. The quantitative estimate of drug-likeness (QED) is 0.786. The highest BCUT2D eigenvalue weighted by atomic mass is 32.1. The zero-order valence-electron chi connectivity index (χ0n) is 13.0. The molecule has 4 rings (SSSR count). The normalized spacial score (nSPS) is 13.1. The van der Waals surface area contributed by atoms with E-state index in [1.54, 1.807) is 31.9 Å². The van der Waals surface area contributed by atoms with E-state index in [0.717, 1.165) is 46.1 Å². The van der Waals surface area contributed by atoms with Crippen molar-refractivity contribution in [3.63, 3.8) is 0 Å². The molecule has 118 valence electrons. The van der Waals surface area contributed by atoms with E-state index in [0.29, 0.717) is 0 Å². The Hall–Kier alpha value is -2.34. The van der Waals surface area contributed by atoms with Crippen molar-refractivity contribution >= 4 is 33.1 Å². The van der Waals surface area contributed by atoms with Gasteiger partial charge in [-0.1, -0.05) is 0 Å². The Labute approximate surface area is 138 Å². The van der Waals surface area contributed by atoms with Gasteiger partial charge in [0.2, 0.25) is 0 Å². The number of nitrogens with zero attached hydrogens (tertiary/aromatic N) is 2. The molecule has 0 atom stereocenters. The Kier molecular flexibility index (Phi) is 3.53. The lowest BCUT2D eigenvalue weighted by Crippen LogP contribution is -1.99. The second-order valence-electron chi connectivity index (χ2n) is 5.45. The number of methoxy groups -OCH3 is 2. The summed E-state index contributed by atoms with van der Waals surface area (Å²) in [6, 6.07) is 5.68. The molecule has 5 nitrogen and oxygen atoms in total. The Balaban J connectivity index is 1.82. The Morgan fingerprint density at radius 1 is 1.13 bits per heavy atom. The number of aromatic nitrogens is 2. The molecule has 0 bridgehead atoms. The van der Waals surface area contributed by atoms with Gasteiger partial charge >= 0.3 is 0 Å². The number of ether oxygens (including phenoxy) is 2. The van der Waals surface area contributed by atoms with E-state index < -0.39 is 0 Å². The molecule has 23 heavy (non-hydrogen) atoms. The maximum Gasteiger partial charge on any atom is 0.142 e. The Morgan fingerprint density at radius 2 is 2.04 bits per heavy atom. The molecule has 0 aliphatic heterocycles. The van der Waals surface area contributed by atoms with Crippen LogP contribution < -0.4 is 14.8 Å². The first kappa shape index (κ1) is 14.3. The highest BCUT2D eigenvalue weighted by Gasteiger charge is 2.21. The number of nitrogens with one attached hydrogen (secondary N) is 1. The number of hydrogen-bond acceptors (Lipinski definition) is 6. The number of aryl methyl sites for hydroxylation is 2. The zero-order valence-corrected chi connectivity index (χ0v) is 13.9. The average molecular weight is 327 g/mol. The molecule has 1 aliphatic rings. The maximum absolute atomic E-state index is 5.44. The SMILES string of the molecule is COc1ccc(OC)c(Nc2ncnc3sc4c(c23)CCC4)c1. The van der Waals surface area contributed by atoms with Gasteiger partial charge in [0.15, 0.2) is 0 Å². The molecule has 0 unspecified atom stereocenters. The van der Waals surface area contributed by atoms with Gasteiger partial charge < -0.3 is 14.8 Å². The topological polar surface area (TPSA) is 56.3 Å². The standard InChI is InChI=1S/C17H17N3O2S/c1-21-10-6-7-13(22-2)12(8-10)20-16-15-11-4-3-5-14(11)23-17(15)19-9-18-16/h6-9H,3-5H2,1-2H3,(H,18,19,20). The molecule has 1 aliphatic carbocycles. The summed E-state index contributed by atoms with van der Waals surface area (Å²) in [6.07, 6.45) is 5.09. The van der Waals surface area contributed by atoms with Gasteiger partial charge in [0.25, 0.3) is 0 Å². The molecule has 6 heteroatoms. The van der Waals surface area contributed by atoms with Crippen LogP contribution in [0.1, 0.15) is 16.9 Å². The number of thiophene rings is 1. The van der Waals surface area contributed by atoms with Crippen molar-refractivity contribution in [2.24, 2.45) is 0 Å². The number of fused-ring (bicyclic) bond motifs is 3. The van der Waals surface area contributed by atoms with Gasteiger partial charge in [0.05, 0.1) is 25.3 Å². The van der Waals surface area contributed by atoms with E-state index in [-0.39, 0.29) is 0 Å². The minimum atomic E-state index is 0.754. The van der Waals surface area contributed by atoms with Gasteiger partial charge in [-0.05, 0) is 37.0 Å². The second kappa shape index (κ2) is 5.70. The number of hydrogen-bond donors (Lipinski definition) is 1. The van der Waals surface area contributed by atoms with E-state index >= 15 is 0 Å². The summed E-state index contributed by atoms with van der Waals surface area (Å²) in [4.78, 5) is 11.4. The molecule has 0 fully saturated rings. The molecule has 0 radical (unpaired) electrons. The average Bonchev–Trinajstić information content (AvgIpc) is 3.15. The third kappa shape index (κ3) is 2.39. The fourth-order valence-electron chi connectivity index (χ4n) is 3.06. The van der Waals surface area contributed by atoms with Crippen LogP contribution in [0.5, 0.6) is 11.5 Å². The van der Waals surface area contributed by atoms with Crippen molar-refractivity contribution in [2.75, 3.05) is 19.5 Å². The van der Waals surface area contributed by atoms with Crippen molar-refractivity contribution in [2.45, 2.75) is 19.3 Å². The smallest absolute Gasteiger partial charge is 0.142 e. The summed E-state index contributed by atoms with van der Waals surface area (Å²) >= 11 is 1.78. The van der Waals surface area contributed by atoms with Crippen LogP contribution in [-0.4, -0.2) is 24.2 Å². The van der Waals surface area contributed by atoms with E-state index in [1.165, 1.54) is 16.9 Å². The summed E-state index contributed by atoms with van der Waals surface area (Å²) in [7, 11) is 3.31. The fourth-order valence-corrected chi connectivity index (χ4v) is 4.29. The van der Waals surface area contributed by atoms with Crippen molar-refractivity contribution in [3.05, 3.63) is 35.0 Å². The monoisotopic (exact) mass is 327 g/mol. The predicted octanol–water partition coefficient (Wildman–Crippen LogP) is 3.94. The van der Waals surface area contributed by atoms with Crippen LogP contribution in [0.15, 0.2) is 24.5 Å². The van der Waals surface area contributed by atoms with Crippen molar-refractivity contribution in [1.82, 2.24) is 9.97 Å². The zero-order chi connectivity index (χ0) is 15.8. The van der Waals surface area contributed by atoms with Gasteiger partial charge in [-0.2, -0.15) is 0 Å². The molecular weight excluding hydrogens is 310 g/mol. The van der Waals surface area contributed by atoms with E-state index in [4.69, 9.17) is 9.47 Å². The Bertz CT molecular complexity index is 876. The Morgan fingerprint density at radius 3 is 2.87 bits per heavy atom. The van der Waals surface area contributed by atoms with Crippen LogP contribution in [0.4, 0.5) is 11.5 Å². The van der Waals surface area contributed by atoms with Gasteiger partial charge in [0.1, 0.15) is 28.5 Å². The molecule has 1 N–H and O–H groups in total. The second-order valence-corrected chi connectivity index (χ2v) is 6.53. The third-order valence-electron chi connectivity index (χ3n) is 4.16. The van der Waals surface area contributed by atoms with Gasteiger partial charge in [-0.25, -0.2) is 9.97 Å². The van der Waals surface area contributed by atoms with Crippen LogP contribution in [0.3, 0.4) is 0 Å². The molecule has 2 heterocycles. The molecule has 0 amide bonds. The van der Waals surface area contributed by atoms with E-state index in [1.807, 2.05) is 18.2 Å². The van der Waals surface area contributed by atoms with Crippen molar-refractivity contribution in [3.8, 4) is 11.5 Å². The van der Waals surface area contributed by atoms with Crippen LogP contribution in [0.2, 0.25) is 0 Å². The third-order valence-corrected chi connectivity index (χ3v) is 5.36. The van der Waals surface area contributed by atoms with Crippen LogP contribution in [-0.2, 0) is 12.8 Å². The minimum absolute atomic E-state index is 0.754. The summed E-state index contributed by atoms with van der Waals surface area (Å²) in [5.74, 6) is 2.36. The van der Waals surface area contributed by atoms with Gasteiger partial charge in [0, 0.05) is 10.9 Å². The van der Waals surface area contributed by atoms with Gasteiger partial charge in [-0.3, -0.25) is 0 Å². The van der Waals surface area contributed by atoms with E-state index in [9.17, 15) is 0 Å². The lowest BCUT2D eigenvalue weighted by Gasteiger charge is -2.13. The molecular formula is C17H17N3O2S.